The number of para-hydroxylation sites is 1. The summed E-state index contributed by atoms with van der Waals surface area (Å²) in [5, 5.41) is 4.55. The fourth-order valence-corrected chi connectivity index (χ4v) is 5.88. The molecule has 194 valence electrons. The second-order valence-corrected chi connectivity index (χ2v) is 10.3. The summed E-state index contributed by atoms with van der Waals surface area (Å²) in [5.74, 6) is -2.58. The van der Waals surface area contributed by atoms with Gasteiger partial charge in [-0.25, -0.2) is 8.42 Å². The standard InChI is InChI=1S/C26H24F3N3O4S/c27-26(28,29)25(34)31-17-19-9-6-11-21(15-19)37(35,36)32-22-12-5-4-10-20(22)16-23(32)24(33)30-14-13-18-7-2-1-3-8-18/h1-12,15,23H,13-14,16-17H2,(H,30,33)(H,31,34)/t23-/m0/s1. The highest BCUT2D eigenvalue weighted by Gasteiger charge is 2.42. The Bertz CT molecular complexity index is 1400. The summed E-state index contributed by atoms with van der Waals surface area (Å²) in [5.41, 5.74) is 2.23. The van der Waals surface area contributed by atoms with E-state index in [1.54, 1.807) is 29.6 Å². The Morgan fingerprint density at radius 3 is 2.30 bits per heavy atom. The lowest BCUT2D eigenvalue weighted by Gasteiger charge is -2.26. The molecule has 0 aromatic heterocycles. The summed E-state index contributed by atoms with van der Waals surface area (Å²) in [6.07, 6.45) is -4.30. The molecule has 7 nitrogen and oxygen atoms in total. The first-order valence-electron chi connectivity index (χ1n) is 11.5. The van der Waals surface area contributed by atoms with E-state index in [2.05, 4.69) is 5.32 Å². The zero-order valence-corrected chi connectivity index (χ0v) is 20.4. The summed E-state index contributed by atoms with van der Waals surface area (Å²) in [4.78, 5) is 24.1. The molecule has 0 saturated carbocycles. The number of anilines is 1. The summed E-state index contributed by atoms with van der Waals surface area (Å²) < 4.78 is 66.1. The lowest BCUT2D eigenvalue weighted by atomic mass is 10.1. The molecule has 2 amide bonds. The molecule has 3 aromatic carbocycles. The average molecular weight is 532 g/mol. The maximum absolute atomic E-state index is 13.7. The molecule has 0 aliphatic carbocycles. The highest BCUT2D eigenvalue weighted by molar-refractivity contribution is 7.93. The molecule has 1 aliphatic heterocycles. The molecule has 0 spiro atoms. The lowest BCUT2D eigenvalue weighted by Crippen LogP contribution is -2.48. The number of rotatable bonds is 8. The van der Waals surface area contributed by atoms with Gasteiger partial charge in [0.05, 0.1) is 10.6 Å². The van der Waals surface area contributed by atoms with Gasteiger partial charge in [0.2, 0.25) is 5.91 Å². The van der Waals surface area contributed by atoms with Gasteiger partial charge in [-0.05, 0) is 41.3 Å². The van der Waals surface area contributed by atoms with Crippen LogP contribution < -0.4 is 14.9 Å². The van der Waals surface area contributed by atoms with E-state index in [0.29, 0.717) is 24.2 Å². The SMILES string of the molecule is O=C(NCCc1ccccc1)[C@@H]1Cc2ccccc2N1S(=O)(=O)c1cccc(CNC(=O)C(F)(F)F)c1. The molecular weight excluding hydrogens is 507 g/mol. The molecule has 11 heteroatoms. The fraction of sp³-hybridized carbons (Fsp3) is 0.231. The molecule has 3 aromatic rings. The van der Waals surface area contributed by atoms with E-state index in [1.807, 2.05) is 30.3 Å². The first-order valence-corrected chi connectivity index (χ1v) is 12.9. The third-order valence-corrected chi connectivity index (χ3v) is 7.77. The molecule has 4 rings (SSSR count). The number of fused-ring (bicyclic) bond motifs is 1. The Kier molecular flexibility index (Phi) is 7.53. The van der Waals surface area contributed by atoms with Gasteiger partial charge in [0.25, 0.3) is 10.0 Å². The normalized spacial score (nSPS) is 15.2. The topological polar surface area (TPSA) is 95.6 Å². The second kappa shape index (κ2) is 10.6. The Labute approximate surface area is 212 Å². The van der Waals surface area contributed by atoms with Gasteiger partial charge in [-0.2, -0.15) is 13.2 Å². The van der Waals surface area contributed by atoms with Crippen LogP contribution in [0, 0.1) is 0 Å². The number of alkyl halides is 3. The molecule has 37 heavy (non-hydrogen) atoms. The first-order chi connectivity index (χ1) is 17.6. The van der Waals surface area contributed by atoms with E-state index in [0.717, 1.165) is 9.87 Å². The van der Waals surface area contributed by atoms with Crippen molar-refractivity contribution in [1.29, 1.82) is 0 Å². The van der Waals surface area contributed by atoms with Crippen LogP contribution in [0.3, 0.4) is 0 Å². The van der Waals surface area contributed by atoms with Crippen molar-refractivity contribution in [3.63, 3.8) is 0 Å². The number of nitrogens with zero attached hydrogens (tertiary/aromatic N) is 1. The summed E-state index contributed by atoms with van der Waals surface area (Å²) in [6.45, 7) is -0.195. The molecule has 1 heterocycles. The van der Waals surface area contributed by atoms with Crippen molar-refractivity contribution in [1.82, 2.24) is 10.6 Å². The summed E-state index contributed by atoms with van der Waals surface area (Å²) in [6, 6.07) is 20.5. The van der Waals surface area contributed by atoms with E-state index in [9.17, 15) is 31.2 Å². The number of carbonyl (C=O) groups is 2. The minimum atomic E-state index is -5.05. The van der Waals surface area contributed by atoms with E-state index in [-0.39, 0.29) is 16.9 Å². The van der Waals surface area contributed by atoms with Crippen LogP contribution in [0.2, 0.25) is 0 Å². The number of hydrogen-bond donors (Lipinski definition) is 2. The summed E-state index contributed by atoms with van der Waals surface area (Å²) >= 11 is 0. The zero-order chi connectivity index (χ0) is 26.6. The monoisotopic (exact) mass is 531 g/mol. The van der Waals surface area contributed by atoms with Gasteiger partial charge in [0, 0.05) is 19.5 Å². The Balaban J connectivity index is 1.56. The van der Waals surface area contributed by atoms with E-state index < -0.39 is 40.6 Å². The molecule has 0 saturated heterocycles. The van der Waals surface area contributed by atoms with E-state index in [1.165, 1.54) is 24.3 Å². The third kappa shape index (κ3) is 5.93. The van der Waals surface area contributed by atoms with Crippen molar-refractivity contribution in [2.75, 3.05) is 10.8 Å². The van der Waals surface area contributed by atoms with E-state index in [4.69, 9.17) is 0 Å². The highest BCUT2D eigenvalue weighted by atomic mass is 32.2. The number of halogens is 3. The van der Waals surface area contributed by atoms with Gasteiger partial charge in [-0.15, -0.1) is 0 Å². The minimum absolute atomic E-state index is 0.162. The third-order valence-electron chi connectivity index (χ3n) is 5.95. The highest BCUT2D eigenvalue weighted by Crippen LogP contribution is 2.37. The number of sulfonamides is 1. The van der Waals surface area contributed by atoms with Crippen LogP contribution >= 0.6 is 0 Å². The molecule has 2 N–H and O–H groups in total. The van der Waals surface area contributed by atoms with Crippen molar-refractivity contribution in [3.05, 3.63) is 95.6 Å². The predicted octanol–water partition coefficient (Wildman–Crippen LogP) is 3.34. The van der Waals surface area contributed by atoms with E-state index >= 15 is 0 Å². The zero-order valence-electron chi connectivity index (χ0n) is 19.5. The van der Waals surface area contributed by atoms with Gasteiger partial charge < -0.3 is 10.6 Å². The Morgan fingerprint density at radius 1 is 0.892 bits per heavy atom. The number of amides is 2. The maximum Gasteiger partial charge on any atom is 0.471 e. The van der Waals surface area contributed by atoms with Crippen molar-refractivity contribution < 1.29 is 31.2 Å². The van der Waals surface area contributed by atoms with Crippen LogP contribution in [-0.4, -0.2) is 39.0 Å². The lowest BCUT2D eigenvalue weighted by molar-refractivity contribution is -0.173. The molecule has 1 aliphatic rings. The van der Waals surface area contributed by atoms with Crippen LogP contribution in [-0.2, 0) is 39.0 Å². The number of hydrogen-bond acceptors (Lipinski definition) is 4. The van der Waals surface area contributed by atoms with Crippen LogP contribution in [0.5, 0.6) is 0 Å². The smallest absolute Gasteiger partial charge is 0.354 e. The number of carbonyl (C=O) groups excluding carboxylic acids is 2. The molecule has 0 fully saturated rings. The van der Waals surface area contributed by atoms with Gasteiger partial charge in [-0.1, -0.05) is 60.7 Å². The van der Waals surface area contributed by atoms with Crippen LogP contribution in [0.15, 0.2) is 83.8 Å². The summed E-state index contributed by atoms with van der Waals surface area (Å²) in [7, 11) is -4.28. The van der Waals surface area contributed by atoms with Crippen molar-refractivity contribution in [3.8, 4) is 0 Å². The number of benzene rings is 3. The van der Waals surface area contributed by atoms with Gasteiger partial charge in [-0.3, -0.25) is 13.9 Å². The van der Waals surface area contributed by atoms with Crippen LogP contribution in [0.4, 0.5) is 18.9 Å². The predicted molar refractivity (Wildman–Crippen MR) is 131 cm³/mol. The minimum Gasteiger partial charge on any atom is -0.354 e. The first kappa shape index (κ1) is 26.2. The van der Waals surface area contributed by atoms with Crippen molar-refractivity contribution in [2.45, 2.75) is 36.5 Å². The second-order valence-electron chi connectivity index (χ2n) is 8.50. The van der Waals surface area contributed by atoms with Crippen molar-refractivity contribution >= 4 is 27.5 Å². The van der Waals surface area contributed by atoms with Crippen molar-refractivity contribution in [2.24, 2.45) is 0 Å². The fourth-order valence-electron chi connectivity index (χ4n) is 4.16. The number of nitrogens with one attached hydrogen (secondary N) is 2. The average Bonchev–Trinajstić information content (AvgIpc) is 3.28. The molecule has 0 unspecified atom stereocenters. The molecule has 1 atom stereocenters. The quantitative estimate of drug-likeness (QED) is 0.466. The van der Waals surface area contributed by atoms with Gasteiger partial charge in [0.15, 0.2) is 0 Å². The Morgan fingerprint density at radius 2 is 1.57 bits per heavy atom. The van der Waals surface area contributed by atoms with Crippen LogP contribution in [0.25, 0.3) is 0 Å². The largest absolute Gasteiger partial charge is 0.471 e. The molecule has 0 radical (unpaired) electrons. The maximum atomic E-state index is 13.7. The van der Waals surface area contributed by atoms with Gasteiger partial charge in [0.1, 0.15) is 6.04 Å². The Hall–Kier alpha value is -3.86. The molecule has 0 bridgehead atoms. The molecular formula is C26H24F3N3O4S. The van der Waals surface area contributed by atoms with Crippen LogP contribution in [0.1, 0.15) is 16.7 Å². The van der Waals surface area contributed by atoms with Gasteiger partial charge >= 0.3 is 12.1 Å².